The Balaban J connectivity index is 0.527. The van der Waals surface area contributed by atoms with Crippen LogP contribution in [0.15, 0.2) is 94.7 Å². The number of alkyl carbamates (subject to hydrolysis) is 1. The molecule has 3 saturated heterocycles. The molecule has 35 nitrogen and oxygen atoms in total. The van der Waals surface area contributed by atoms with E-state index < -0.39 is 108 Å². The second-order valence-corrected chi connectivity index (χ2v) is 36.0. The molecule has 0 unspecified atom stereocenters. The number of nitrogens with two attached hydrogens (primary N) is 2. The number of nitrogens with one attached hydrogen (secondary N) is 2. The number of ketones is 2. The number of aliphatic hydroxyl groups is 3. The summed E-state index contributed by atoms with van der Waals surface area (Å²) in [5.41, 5.74) is 19.9. The van der Waals surface area contributed by atoms with Gasteiger partial charge in [0.05, 0.1) is 129 Å². The van der Waals surface area contributed by atoms with Crippen molar-refractivity contribution < 1.29 is 110 Å². The molecule has 1 saturated carbocycles. The van der Waals surface area contributed by atoms with Crippen molar-refractivity contribution in [2.45, 2.75) is 231 Å². The van der Waals surface area contributed by atoms with E-state index in [2.05, 4.69) is 43.8 Å². The number of aromatic nitrogens is 5. The third-order valence-electron chi connectivity index (χ3n) is 26.3. The maximum atomic E-state index is 14.9. The number of hydrogen-bond acceptors (Lipinski definition) is 30. The Kier molecular flexibility index (Phi) is 39.8. The topological polar surface area (TPSA) is 446 Å². The predicted molar refractivity (Wildman–Crippen MR) is 487 cm³/mol. The van der Waals surface area contributed by atoms with Crippen molar-refractivity contribution in [2.75, 3.05) is 151 Å². The highest BCUT2D eigenvalue weighted by Crippen LogP contribution is 2.40. The van der Waals surface area contributed by atoms with Crippen LogP contribution in [0.4, 0.5) is 16.6 Å². The summed E-state index contributed by atoms with van der Waals surface area (Å²) >= 11 is 0. The van der Waals surface area contributed by atoms with Crippen molar-refractivity contribution in [3.05, 3.63) is 107 Å². The fraction of sp³-hybridized carbons (Fsp3) is 0.656. The summed E-state index contributed by atoms with van der Waals surface area (Å²) in [5, 5.41) is 46.6. The normalized spacial score (nSPS) is 27.4. The van der Waals surface area contributed by atoms with Gasteiger partial charge in [0.25, 0.3) is 17.7 Å². The minimum absolute atomic E-state index is 0.0265. The average molecular weight is 1830 g/mol. The van der Waals surface area contributed by atoms with E-state index in [9.17, 15) is 48.9 Å². The number of anilines is 2. The van der Waals surface area contributed by atoms with Gasteiger partial charge in [-0.3, -0.25) is 28.9 Å². The SMILES string of the molecule is CO[C@H]1C[C@@H]2CC[C@@H](C)[C@@](O)(O2)C(=O)C(=O)N2CCCC[C@H]2C(=O)O[C@H]([C@H](C)C[C@@H]2CC[C@@H](OC(=O)NC3CCN(CC(=O)NCCOCCOCCOCCOCCOCCOCCC(=O)N4CCc5cc(Cn6nc(-c7ccc8oc(N)nc8c7)c7c(N)ncnc76)ccc5C4)CC3)[C@H](OC)C2)C[C@@H](OC)[C@H](C)/C=C(\C)[C@@H](O)[C@@H](O)C(=O)[C@H](C)C[C@H](C)/C=C/C=CC=C1C. The van der Waals surface area contributed by atoms with Gasteiger partial charge in [-0.05, 0) is 161 Å². The Hall–Kier alpha value is -9.05. The molecule has 16 atom stereocenters. The molecule has 0 radical (unpaired) electrons. The largest absolute Gasteiger partial charge is 0.460 e. The van der Waals surface area contributed by atoms with E-state index in [1.807, 2.05) is 84.7 Å². The third-order valence-corrected chi connectivity index (χ3v) is 26.3. The maximum Gasteiger partial charge on any atom is 0.407 e. The summed E-state index contributed by atoms with van der Waals surface area (Å²) in [6, 6.07) is 10.6. The zero-order chi connectivity index (χ0) is 93.7. The first-order valence-electron chi connectivity index (χ1n) is 46.7. The number of benzene rings is 2. The fourth-order valence-corrected chi connectivity index (χ4v) is 18.6. The summed E-state index contributed by atoms with van der Waals surface area (Å²) < 4.78 is 78.2. The molecule has 11 rings (SSSR count). The molecule has 5 aliphatic heterocycles. The molecule has 722 valence electrons. The average Bonchev–Trinajstić information content (AvgIpc) is 1.54. The van der Waals surface area contributed by atoms with Gasteiger partial charge in [0.15, 0.2) is 17.0 Å². The number of amides is 4. The standard InChI is InChI=1S/C96H140N12O23/c1-60-16-12-11-13-17-61(2)78(119-8)54-73-24-19-66(7)96(118,131-73)89(114)92(115)107-32-15-14-18-75(107)93(116)128-80(55-79(120-9)62(3)49-65(6)87(112)88(113)86(111)64(5)48-60)63(4)50-67-21-25-77(81(52-67)121-10)130-95(117)102-72-28-33-105(34-29-72)58-82(109)99-31-37-123-39-41-125-43-45-127-47-46-126-44-42-124-40-38-122-36-30-83(110)106-35-27-69-51-68(20-22-71(69)57-106)56-108-91-84(90(97)100-59-101-91)85(104-108)70-23-26-76-74(53-70)103-94(98)129-76/h11-13,16-17,20,22-23,26,49,51,53,59-60,62-64,66-67,72-73,75,77-81,87-88,112-113,118H,14-15,18-19,21,24-25,27-48,50,52,54-58H2,1-10H3,(H2,98,103)(H,99,109)(H,102,117)(H2,97,100,101)/b13-11?,16-12+,61-17?,65-49+/t60-,62-,63-,64-,66-,67+,73+,75+,77-,78+,79-,80+,81-,87-,88+,96-/m1/s1. The summed E-state index contributed by atoms with van der Waals surface area (Å²) in [6.07, 6.45) is 12.8. The number of hydrogen-bond donors (Lipinski definition) is 7. The Morgan fingerprint density at radius 3 is 2.11 bits per heavy atom. The number of nitrogens with zero attached hydrogens (tertiary/aromatic N) is 8. The number of cyclic esters (lactones) is 1. The number of methoxy groups -OCH3 is 3. The number of aliphatic hydroxyl groups excluding tert-OH is 2. The summed E-state index contributed by atoms with van der Waals surface area (Å²) in [6.45, 7) is 20.6. The Morgan fingerprint density at radius 2 is 1.40 bits per heavy atom. The molecule has 4 fully saturated rings. The highest BCUT2D eigenvalue weighted by molar-refractivity contribution is 6.39. The van der Waals surface area contributed by atoms with Gasteiger partial charge in [-0.2, -0.15) is 10.1 Å². The number of fused-ring (bicyclic) bond motifs is 6. The minimum Gasteiger partial charge on any atom is -0.460 e. The van der Waals surface area contributed by atoms with Crippen molar-refractivity contribution in [1.29, 1.82) is 0 Å². The Labute approximate surface area is 768 Å². The van der Waals surface area contributed by atoms with E-state index in [0.29, 0.717) is 228 Å². The van der Waals surface area contributed by atoms with Crippen molar-refractivity contribution in [3.63, 3.8) is 0 Å². The molecule has 2 bridgehead atoms. The number of carbonyl (C=O) groups excluding carboxylic acids is 7. The van der Waals surface area contributed by atoms with Gasteiger partial charge in [-0.1, -0.05) is 89.3 Å². The monoisotopic (exact) mass is 1830 g/mol. The lowest BCUT2D eigenvalue weighted by Crippen LogP contribution is -2.61. The summed E-state index contributed by atoms with van der Waals surface area (Å²) in [4.78, 5) is 116. The van der Waals surface area contributed by atoms with E-state index in [-0.39, 0.29) is 80.4 Å². The lowest BCUT2D eigenvalue weighted by Gasteiger charge is -2.43. The van der Waals surface area contributed by atoms with E-state index >= 15 is 0 Å². The number of allylic oxidation sites excluding steroid dienone is 5. The van der Waals surface area contributed by atoms with Crippen LogP contribution in [-0.2, 0) is 105 Å². The minimum atomic E-state index is -2.47. The molecule has 0 spiro atoms. The molecule has 8 heterocycles. The van der Waals surface area contributed by atoms with Crippen LogP contribution in [0, 0.1) is 35.5 Å². The second-order valence-electron chi connectivity index (χ2n) is 36.0. The number of carbonyl (C=O) groups is 7. The molecule has 131 heavy (non-hydrogen) atoms. The molecule has 1 aliphatic carbocycles. The second kappa shape index (κ2) is 50.9. The van der Waals surface area contributed by atoms with Crippen LogP contribution in [0.5, 0.6) is 0 Å². The van der Waals surface area contributed by atoms with Gasteiger partial charge in [0.1, 0.15) is 53.8 Å². The molecule has 6 aliphatic rings. The number of nitrogen functional groups attached to an aromatic ring is 2. The number of Topliss-reactive ketones (excluding diaryl/α,β-unsaturated/α-hetero) is 2. The van der Waals surface area contributed by atoms with Crippen LogP contribution in [0.3, 0.4) is 0 Å². The highest BCUT2D eigenvalue weighted by Gasteiger charge is 2.53. The molecular weight excluding hydrogens is 1690 g/mol. The number of ether oxygens (including phenoxy) is 12. The van der Waals surface area contributed by atoms with Crippen molar-refractivity contribution >= 4 is 75.3 Å². The van der Waals surface area contributed by atoms with Gasteiger partial charge in [-0.25, -0.2) is 24.2 Å². The molecule has 5 aromatic rings. The Bertz CT molecular complexity index is 4680. The molecular formula is C96H140N12O23. The lowest BCUT2D eigenvalue weighted by atomic mass is 9.78. The first-order chi connectivity index (χ1) is 63.1. The molecule has 35 heteroatoms. The van der Waals surface area contributed by atoms with Crippen LogP contribution in [0.2, 0.25) is 0 Å². The number of esters is 1. The lowest BCUT2D eigenvalue weighted by molar-refractivity contribution is -0.265. The van der Waals surface area contributed by atoms with E-state index in [4.69, 9.17) is 77.8 Å². The zero-order valence-electron chi connectivity index (χ0n) is 77.9. The third kappa shape index (κ3) is 29.2. The summed E-state index contributed by atoms with van der Waals surface area (Å²) in [5.74, 6) is -7.73. The van der Waals surface area contributed by atoms with Crippen molar-refractivity contribution in [3.8, 4) is 11.3 Å². The van der Waals surface area contributed by atoms with Crippen LogP contribution in [0.1, 0.15) is 161 Å². The Morgan fingerprint density at radius 1 is 0.702 bits per heavy atom. The predicted octanol–water partition coefficient (Wildman–Crippen LogP) is 8.52. The quantitative estimate of drug-likeness (QED) is 0.00877. The van der Waals surface area contributed by atoms with Crippen LogP contribution >= 0.6 is 0 Å². The highest BCUT2D eigenvalue weighted by atomic mass is 16.6. The maximum absolute atomic E-state index is 14.9. The molecule has 3 aromatic heterocycles. The first-order valence-corrected chi connectivity index (χ1v) is 46.7. The zero-order valence-corrected chi connectivity index (χ0v) is 77.9. The van der Waals surface area contributed by atoms with Gasteiger partial charge in [-0.15, -0.1) is 0 Å². The summed E-state index contributed by atoms with van der Waals surface area (Å²) in [7, 11) is 4.70. The number of likely N-dealkylation sites (tertiary alicyclic amines) is 1. The van der Waals surface area contributed by atoms with Gasteiger partial charge < -0.3 is 108 Å². The molecule has 2 aromatic carbocycles. The van der Waals surface area contributed by atoms with Crippen LogP contribution in [0.25, 0.3) is 33.4 Å². The molecule has 9 N–H and O–H groups in total. The van der Waals surface area contributed by atoms with E-state index in [1.165, 1.54) is 23.9 Å². The number of rotatable bonds is 34. The van der Waals surface area contributed by atoms with Crippen molar-refractivity contribution in [1.82, 2.24) is 50.1 Å². The van der Waals surface area contributed by atoms with Crippen LogP contribution in [-0.4, -0.2) is 303 Å². The van der Waals surface area contributed by atoms with Crippen molar-refractivity contribution in [2.24, 2.45) is 35.5 Å². The van der Waals surface area contributed by atoms with Crippen LogP contribution < -0.4 is 22.1 Å². The van der Waals surface area contributed by atoms with Gasteiger partial charge in [0, 0.05) is 103 Å². The number of piperidine rings is 2. The smallest absolute Gasteiger partial charge is 0.407 e. The van der Waals surface area contributed by atoms with Gasteiger partial charge >= 0.3 is 12.1 Å². The fourth-order valence-electron chi connectivity index (χ4n) is 18.6. The van der Waals surface area contributed by atoms with E-state index in [1.54, 1.807) is 47.1 Å². The number of oxazole rings is 1. The first kappa shape index (κ1) is 102. The van der Waals surface area contributed by atoms with E-state index in [0.717, 1.165) is 28.7 Å². The molecule has 4 amide bonds. The van der Waals surface area contributed by atoms with Gasteiger partial charge in [0.2, 0.25) is 17.6 Å².